The molecule has 2 N–H and O–H groups in total. The third-order valence-electron chi connectivity index (χ3n) is 1.25. The highest BCUT2D eigenvalue weighted by Gasteiger charge is 2.17. The van der Waals surface area contributed by atoms with Gasteiger partial charge in [0.05, 0.1) is 5.02 Å². The van der Waals surface area contributed by atoms with Crippen LogP contribution in [0.25, 0.3) is 0 Å². The summed E-state index contributed by atoms with van der Waals surface area (Å²) < 4.78 is 0. The van der Waals surface area contributed by atoms with E-state index < -0.39 is 5.97 Å². The van der Waals surface area contributed by atoms with Gasteiger partial charge in [-0.05, 0) is 0 Å². The molecule has 1 aromatic heterocycles. The van der Waals surface area contributed by atoms with Crippen LogP contribution in [0.5, 0.6) is 0 Å². The Morgan fingerprint density at radius 3 is 2.69 bits per heavy atom. The molecule has 0 aliphatic carbocycles. The van der Waals surface area contributed by atoms with Gasteiger partial charge in [-0.15, -0.1) is 11.3 Å². The van der Waals surface area contributed by atoms with Gasteiger partial charge in [0.1, 0.15) is 10.6 Å². The molecule has 0 atom stereocenters. The summed E-state index contributed by atoms with van der Waals surface area (Å²) in [4.78, 5) is 21.3. The van der Waals surface area contributed by atoms with Gasteiger partial charge in [-0.1, -0.05) is 11.6 Å². The minimum absolute atomic E-state index is 0.0538. The van der Waals surface area contributed by atoms with Gasteiger partial charge in [-0.3, -0.25) is 4.79 Å². The van der Waals surface area contributed by atoms with E-state index in [9.17, 15) is 9.59 Å². The maximum atomic E-state index is 10.7. The van der Waals surface area contributed by atoms with Crippen LogP contribution >= 0.6 is 22.9 Å². The number of nitrogens with one attached hydrogen (secondary N) is 1. The van der Waals surface area contributed by atoms with Crippen molar-refractivity contribution >= 4 is 39.8 Å². The van der Waals surface area contributed by atoms with Crippen molar-refractivity contribution in [2.45, 2.75) is 6.92 Å². The fourth-order valence-electron chi connectivity index (χ4n) is 0.788. The molecule has 0 fully saturated rings. The zero-order valence-corrected chi connectivity index (χ0v) is 8.20. The molecule has 0 aromatic carbocycles. The van der Waals surface area contributed by atoms with Gasteiger partial charge in [0.25, 0.3) is 0 Å². The number of thiophene rings is 1. The van der Waals surface area contributed by atoms with Gasteiger partial charge in [0.15, 0.2) is 0 Å². The summed E-state index contributed by atoms with van der Waals surface area (Å²) in [6.45, 7) is 1.30. The smallest absolute Gasteiger partial charge is 0.340 e. The van der Waals surface area contributed by atoms with E-state index in [-0.39, 0.29) is 21.5 Å². The van der Waals surface area contributed by atoms with Crippen LogP contribution in [0.3, 0.4) is 0 Å². The van der Waals surface area contributed by atoms with Gasteiger partial charge in [0, 0.05) is 12.3 Å². The first-order valence-electron chi connectivity index (χ1n) is 3.30. The number of anilines is 1. The van der Waals surface area contributed by atoms with Crippen LogP contribution in [0.1, 0.15) is 17.3 Å². The van der Waals surface area contributed by atoms with E-state index in [0.29, 0.717) is 0 Å². The molecule has 70 valence electrons. The summed E-state index contributed by atoms with van der Waals surface area (Å²) in [5.41, 5.74) is -0.0538. The van der Waals surface area contributed by atoms with Gasteiger partial charge < -0.3 is 10.4 Å². The molecule has 0 saturated heterocycles. The third-order valence-corrected chi connectivity index (χ3v) is 2.57. The molecule has 0 aliphatic rings. The summed E-state index contributed by atoms with van der Waals surface area (Å²) in [5.74, 6) is -1.46. The largest absolute Gasteiger partial charge is 0.478 e. The summed E-state index contributed by atoms with van der Waals surface area (Å²) in [7, 11) is 0. The normalized spacial score (nSPS) is 9.69. The van der Waals surface area contributed by atoms with E-state index in [1.165, 1.54) is 12.3 Å². The molecule has 0 unspecified atom stereocenters. The standard InChI is InChI=1S/C7H6ClNO3S/c1-3(10)9-6-5(7(11)12)4(8)2-13-6/h2H,1H3,(H,9,10)(H,11,12). The Labute approximate surface area is 83.1 Å². The van der Waals surface area contributed by atoms with Gasteiger partial charge in [-0.2, -0.15) is 0 Å². The fraction of sp³-hybridized carbons (Fsp3) is 0.143. The Bertz CT molecular complexity index is 361. The Morgan fingerprint density at radius 1 is 1.62 bits per heavy atom. The molecule has 1 rings (SSSR count). The topological polar surface area (TPSA) is 66.4 Å². The van der Waals surface area contributed by atoms with Crippen LogP contribution in [0.15, 0.2) is 5.38 Å². The molecule has 1 amide bonds. The monoisotopic (exact) mass is 219 g/mol. The number of rotatable bonds is 2. The summed E-state index contributed by atoms with van der Waals surface area (Å²) in [5, 5.41) is 13.0. The first-order valence-corrected chi connectivity index (χ1v) is 4.56. The Morgan fingerprint density at radius 2 is 2.23 bits per heavy atom. The molecule has 0 aliphatic heterocycles. The lowest BCUT2D eigenvalue weighted by Gasteiger charge is -1.99. The molecule has 6 heteroatoms. The van der Waals surface area contributed by atoms with Gasteiger partial charge in [-0.25, -0.2) is 4.79 Å². The third kappa shape index (κ3) is 2.19. The van der Waals surface area contributed by atoms with Crippen molar-refractivity contribution in [1.29, 1.82) is 0 Å². The highest BCUT2D eigenvalue weighted by molar-refractivity contribution is 7.15. The first-order chi connectivity index (χ1) is 6.02. The number of carboxylic acids is 1. The predicted molar refractivity (Wildman–Crippen MR) is 50.6 cm³/mol. The van der Waals surface area contributed by atoms with Crippen molar-refractivity contribution in [3.63, 3.8) is 0 Å². The Kier molecular flexibility index (Phi) is 2.90. The lowest BCUT2D eigenvalue weighted by atomic mass is 10.3. The summed E-state index contributed by atoms with van der Waals surface area (Å²) in [6, 6.07) is 0. The molecule has 0 bridgehead atoms. The predicted octanol–water partition coefficient (Wildman–Crippen LogP) is 2.06. The van der Waals surface area contributed by atoms with Crippen LogP contribution in [0.2, 0.25) is 5.02 Å². The molecule has 1 aromatic rings. The average molecular weight is 220 g/mol. The zero-order valence-electron chi connectivity index (χ0n) is 6.63. The number of hydrogen-bond acceptors (Lipinski definition) is 3. The van der Waals surface area contributed by atoms with Crippen molar-refractivity contribution in [3.05, 3.63) is 16.0 Å². The van der Waals surface area contributed by atoms with Crippen molar-refractivity contribution < 1.29 is 14.7 Å². The molecular formula is C7H6ClNO3S. The number of halogens is 1. The van der Waals surface area contributed by atoms with Crippen LogP contribution in [0, 0.1) is 0 Å². The van der Waals surface area contributed by atoms with Crippen LogP contribution in [0.4, 0.5) is 5.00 Å². The second-order valence-electron chi connectivity index (χ2n) is 2.27. The maximum Gasteiger partial charge on any atom is 0.340 e. The molecule has 13 heavy (non-hydrogen) atoms. The average Bonchev–Trinajstić information content (AvgIpc) is 2.30. The maximum absolute atomic E-state index is 10.7. The van der Waals surface area contributed by atoms with Crippen LogP contribution in [-0.4, -0.2) is 17.0 Å². The number of carbonyl (C=O) groups is 2. The SMILES string of the molecule is CC(=O)Nc1scc(Cl)c1C(=O)O. The van der Waals surface area contributed by atoms with E-state index in [1.807, 2.05) is 0 Å². The van der Waals surface area contributed by atoms with E-state index in [1.54, 1.807) is 0 Å². The van der Waals surface area contributed by atoms with E-state index in [4.69, 9.17) is 16.7 Å². The molecule has 0 spiro atoms. The van der Waals surface area contributed by atoms with E-state index in [0.717, 1.165) is 11.3 Å². The Hall–Kier alpha value is -1.07. The van der Waals surface area contributed by atoms with Crippen LogP contribution in [-0.2, 0) is 4.79 Å². The second kappa shape index (κ2) is 3.76. The minimum Gasteiger partial charge on any atom is -0.478 e. The fourth-order valence-corrected chi connectivity index (χ4v) is 2.01. The van der Waals surface area contributed by atoms with Crippen molar-refractivity contribution in [1.82, 2.24) is 0 Å². The molecule has 4 nitrogen and oxygen atoms in total. The highest BCUT2D eigenvalue weighted by atomic mass is 35.5. The summed E-state index contributed by atoms with van der Waals surface area (Å²) >= 11 is 6.69. The van der Waals surface area contributed by atoms with E-state index in [2.05, 4.69) is 5.32 Å². The van der Waals surface area contributed by atoms with E-state index >= 15 is 0 Å². The minimum atomic E-state index is -1.14. The number of carbonyl (C=O) groups excluding carboxylic acids is 1. The highest BCUT2D eigenvalue weighted by Crippen LogP contribution is 2.31. The number of hydrogen-bond donors (Lipinski definition) is 2. The Balaban J connectivity index is 3.07. The van der Waals surface area contributed by atoms with Crippen LogP contribution < -0.4 is 5.32 Å². The zero-order chi connectivity index (χ0) is 10.0. The van der Waals surface area contributed by atoms with Crippen molar-refractivity contribution in [2.75, 3.05) is 5.32 Å². The summed E-state index contributed by atoms with van der Waals surface area (Å²) in [6.07, 6.45) is 0. The lowest BCUT2D eigenvalue weighted by Crippen LogP contribution is -2.08. The van der Waals surface area contributed by atoms with Crippen molar-refractivity contribution in [3.8, 4) is 0 Å². The molecule has 1 heterocycles. The lowest BCUT2D eigenvalue weighted by molar-refractivity contribution is -0.114. The molecule has 0 radical (unpaired) electrons. The second-order valence-corrected chi connectivity index (χ2v) is 3.56. The quantitative estimate of drug-likeness (QED) is 0.800. The number of amides is 1. The number of carboxylic acid groups (broad SMARTS) is 1. The van der Waals surface area contributed by atoms with Gasteiger partial charge >= 0.3 is 5.97 Å². The number of aromatic carboxylic acids is 1. The molecule has 0 saturated carbocycles. The van der Waals surface area contributed by atoms with Crippen molar-refractivity contribution in [2.24, 2.45) is 0 Å². The van der Waals surface area contributed by atoms with Gasteiger partial charge in [0.2, 0.25) is 5.91 Å². The molecular weight excluding hydrogens is 214 g/mol. The first kappa shape index (κ1) is 10.0.